The molecule has 32 heavy (non-hydrogen) atoms. The standard InChI is InChI=1S/C26H38O6/c1-15-19-8-9-21-25(6)12-7-11-24(5,14-30-16(2)27)20(25)10-13-26(21,22(15)31-17(3)28)23(19)32-18(4)29/h8-9,15,19-23H,7,10-14H2,1-6H3/t15-,19-,20+,21-,22-,23?,24+,25+,26+/m0/s1. The molecular formula is C26H38O6. The van der Waals surface area contributed by atoms with Gasteiger partial charge in [0.2, 0.25) is 0 Å². The summed E-state index contributed by atoms with van der Waals surface area (Å²) in [5.74, 6) is -0.163. The van der Waals surface area contributed by atoms with E-state index in [1.54, 1.807) is 0 Å². The lowest BCUT2D eigenvalue weighted by molar-refractivity contribution is -0.209. The lowest BCUT2D eigenvalue weighted by Crippen LogP contribution is -2.63. The van der Waals surface area contributed by atoms with E-state index in [1.165, 1.54) is 20.8 Å². The summed E-state index contributed by atoms with van der Waals surface area (Å²) in [4.78, 5) is 35.9. The summed E-state index contributed by atoms with van der Waals surface area (Å²) in [7, 11) is 0. The maximum atomic E-state index is 12.1. The van der Waals surface area contributed by atoms with Gasteiger partial charge in [0.25, 0.3) is 0 Å². The molecule has 0 heterocycles. The van der Waals surface area contributed by atoms with Crippen LogP contribution in [0.25, 0.3) is 0 Å². The Kier molecular flexibility index (Phi) is 5.74. The number of allylic oxidation sites excluding steroid dienone is 1. The maximum absolute atomic E-state index is 12.1. The van der Waals surface area contributed by atoms with E-state index in [0.717, 1.165) is 32.1 Å². The van der Waals surface area contributed by atoms with Gasteiger partial charge in [0.1, 0.15) is 12.2 Å². The number of hydrogen-bond acceptors (Lipinski definition) is 6. The van der Waals surface area contributed by atoms with Crippen molar-refractivity contribution in [1.29, 1.82) is 0 Å². The van der Waals surface area contributed by atoms with E-state index in [1.807, 2.05) is 0 Å². The number of esters is 3. The SMILES string of the molecule is CC(=O)OC[C@@]1(C)CCC[C@]2(C)[C@@H]1CC[C@@]13C(OC(C)=O)[C@@H](C=C[C@@H]21)[C@H](C)[C@@H]3OC(C)=O. The van der Waals surface area contributed by atoms with Crippen LogP contribution in [-0.4, -0.2) is 36.7 Å². The lowest BCUT2D eigenvalue weighted by atomic mass is 9.41. The molecule has 0 N–H and O–H groups in total. The van der Waals surface area contributed by atoms with E-state index in [0.29, 0.717) is 12.5 Å². The summed E-state index contributed by atoms with van der Waals surface area (Å²) in [6.45, 7) is 11.6. The van der Waals surface area contributed by atoms with Gasteiger partial charge in [0.15, 0.2) is 0 Å². The highest BCUT2D eigenvalue weighted by atomic mass is 16.6. The molecule has 6 heteroatoms. The third kappa shape index (κ3) is 3.31. The zero-order chi connectivity index (χ0) is 23.5. The van der Waals surface area contributed by atoms with Crippen LogP contribution in [0, 0.1) is 39.9 Å². The molecule has 2 bridgehead atoms. The fraction of sp³-hybridized carbons (Fsp3) is 0.808. The minimum Gasteiger partial charge on any atom is -0.465 e. The molecule has 0 aromatic carbocycles. The predicted octanol–water partition coefficient (Wildman–Crippen LogP) is 4.46. The Hall–Kier alpha value is -1.85. The van der Waals surface area contributed by atoms with Crippen LogP contribution in [0.15, 0.2) is 12.2 Å². The summed E-state index contributed by atoms with van der Waals surface area (Å²) in [6.07, 6.45) is 8.91. The molecule has 1 unspecified atom stereocenters. The Balaban J connectivity index is 1.78. The zero-order valence-corrected chi connectivity index (χ0v) is 20.3. The Morgan fingerprint density at radius 2 is 1.56 bits per heavy atom. The molecule has 4 aliphatic rings. The van der Waals surface area contributed by atoms with Crippen molar-refractivity contribution in [1.82, 2.24) is 0 Å². The van der Waals surface area contributed by atoms with Crippen molar-refractivity contribution in [3.8, 4) is 0 Å². The second-order valence-electron chi connectivity index (χ2n) is 11.4. The molecule has 178 valence electrons. The highest BCUT2D eigenvalue weighted by molar-refractivity contribution is 5.67. The van der Waals surface area contributed by atoms with E-state index >= 15 is 0 Å². The normalized spacial score (nSPS) is 46.6. The Morgan fingerprint density at radius 1 is 0.906 bits per heavy atom. The molecule has 3 fully saturated rings. The largest absolute Gasteiger partial charge is 0.465 e. The quantitative estimate of drug-likeness (QED) is 0.360. The van der Waals surface area contributed by atoms with Gasteiger partial charge in [-0.05, 0) is 42.9 Å². The number of ether oxygens (including phenoxy) is 3. The molecule has 0 radical (unpaired) electrons. The second-order valence-corrected chi connectivity index (χ2v) is 11.4. The summed E-state index contributed by atoms with van der Waals surface area (Å²) < 4.78 is 17.6. The first kappa shape index (κ1) is 23.3. The molecule has 4 rings (SSSR count). The van der Waals surface area contributed by atoms with Gasteiger partial charge < -0.3 is 14.2 Å². The van der Waals surface area contributed by atoms with E-state index in [9.17, 15) is 14.4 Å². The van der Waals surface area contributed by atoms with Crippen molar-refractivity contribution < 1.29 is 28.6 Å². The van der Waals surface area contributed by atoms with Crippen molar-refractivity contribution in [2.24, 2.45) is 39.9 Å². The third-order valence-electron chi connectivity index (χ3n) is 9.47. The molecule has 9 atom stereocenters. The van der Waals surface area contributed by atoms with Crippen LogP contribution in [0.2, 0.25) is 0 Å². The van der Waals surface area contributed by atoms with Crippen LogP contribution in [0.3, 0.4) is 0 Å². The topological polar surface area (TPSA) is 78.9 Å². The van der Waals surface area contributed by atoms with Crippen LogP contribution in [-0.2, 0) is 28.6 Å². The number of carbonyl (C=O) groups is 3. The molecule has 3 saturated carbocycles. The fourth-order valence-electron chi connectivity index (χ4n) is 8.47. The molecule has 0 amide bonds. The zero-order valence-electron chi connectivity index (χ0n) is 20.3. The lowest BCUT2D eigenvalue weighted by Gasteiger charge is -2.64. The predicted molar refractivity (Wildman–Crippen MR) is 118 cm³/mol. The van der Waals surface area contributed by atoms with Crippen LogP contribution in [0.4, 0.5) is 0 Å². The minimum atomic E-state index is -0.416. The highest BCUT2D eigenvalue weighted by Gasteiger charge is 2.72. The average molecular weight is 447 g/mol. The molecule has 0 aromatic rings. The second kappa shape index (κ2) is 7.88. The molecule has 4 aliphatic carbocycles. The highest BCUT2D eigenvalue weighted by Crippen LogP contribution is 2.71. The Labute approximate surface area is 191 Å². The third-order valence-corrected chi connectivity index (χ3v) is 9.47. The van der Waals surface area contributed by atoms with Crippen molar-refractivity contribution in [3.05, 3.63) is 12.2 Å². The summed E-state index contributed by atoms with van der Waals surface area (Å²) in [6, 6.07) is 0. The first-order valence-corrected chi connectivity index (χ1v) is 12.1. The van der Waals surface area contributed by atoms with Crippen LogP contribution < -0.4 is 0 Å². The Morgan fingerprint density at radius 3 is 2.19 bits per heavy atom. The molecular weight excluding hydrogens is 408 g/mol. The Bertz CT molecular complexity index is 834. The number of fused-ring (bicyclic) bond motifs is 3. The number of hydrogen-bond donors (Lipinski definition) is 0. The van der Waals surface area contributed by atoms with Gasteiger partial charge in [0.05, 0.1) is 12.0 Å². The minimum absolute atomic E-state index is 0.0515. The molecule has 0 saturated heterocycles. The van der Waals surface area contributed by atoms with Gasteiger partial charge in [-0.2, -0.15) is 0 Å². The van der Waals surface area contributed by atoms with Crippen molar-refractivity contribution in [2.75, 3.05) is 6.61 Å². The molecule has 0 aliphatic heterocycles. The van der Waals surface area contributed by atoms with Gasteiger partial charge in [-0.15, -0.1) is 0 Å². The van der Waals surface area contributed by atoms with Crippen LogP contribution in [0.5, 0.6) is 0 Å². The summed E-state index contributed by atoms with van der Waals surface area (Å²) in [5.41, 5.74) is -0.572. The number of carbonyl (C=O) groups excluding carboxylic acids is 3. The van der Waals surface area contributed by atoms with E-state index in [2.05, 4.69) is 32.9 Å². The average Bonchev–Trinajstić information content (AvgIpc) is 2.80. The fourth-order valence-corrected chi connectivity index (χ4v) is 8.47. The van der Waals surface area contributed by atoms with Gasteiger partial charge >= 0.3 is 17.9 Å². The van der Waals surface area contributed by atoms with Crippen LogP contribution >= 0.6 is 0 Å². The smallest absolute Gasteiger partial charge is 0.302 e. The van der Waals surface area contributed by atoms with Crippen molar-refractivity contribution in [2.45, 2.75) is 85.9 Å². The maximum Gasteiger partial charge on any atom is 0.302 e. The van der Waals surface area contributed by atoms with E-state index < -0.39 is 5.41 Å². The first-order chi connectivity index (χ1) is 15.0. The monoisotopic (exact) mass is 446 g/mol. The van der Waals surface area contributed by atoms with E-state index in [4.69, 9.17) is 14.2 Å². The summed E-state index contributed by atoms with van der Waals surface area (Å²) >= 11 is 0. The van der Waals surface area contributed by atoms with Crippen LogP contribution in [0.1, 0.15) is 73.6 Å². The number of rotatable bonds is 4. The van der Waals surface area contributed by atoms with Crippen molar-refractivity contribution >= 4 is 17.9 Å². The van der Waals surface area contributed by atoms with Gasteiger partial charge in [0, 0.05) is 38.0 Å². The first-order valence-electron chi connectivity index (χ1n) is 12.1. The van der Waals surface area contributed by atoms with Gasteiger partial charge in [-0.1, -0.05) is 39.3 Å². The van der Waals surface area contributed by atoms with Crippen molar-refractivity contribution in [3.63, 3.8) is 0 Å². The summed E-state index contributed by atoms with van der Waals surface area (Å²) in [5, 5.41) is 0. The van der Waals surface area contributed by atoms with Gasteiger partial charge in [-0.25, -0.2) is 0 Å². The molecule has 0 aromatic heterocycles. The molecule has 1 spiro atoms. The van der Waals surface area contributed by atoms with Gasteiger partial charge in [-0.3, -0.25) is 14.4 Å². The molecule has 6 nitrogen and oxygen atoms in total. The van der Waals surface area contributed by atoms with E-state index in [-0.39, 0.29) is 58.7 Å².